The fraction of sp³-hybridized carbons (Fsp3) is 0.481. The highest BCUT2D eigenvalue weighted by molar-refractivity contribution is 7.89. The van der Waals surface area contributed by atoms with Gasteiger partial charge in [-0.2, -0.15) is 4.31 Å². The number of carbonyl (C=O) groups is 1. The third kappa shape index (κ3) is 6.23. The number of hydrogen-bond donors (Lipinski definition) is 1. The number of morpholine rings is 1. The second-order valence-corrected chi connectivity index (χ2v) is 13.5. The van der Waals surface area contributed by atoms with E-state index in [1.807, 2.05) is 26.0 Å². The van der Waals surface area contributed by atoms with E-state index in [-0.39, 0.29) is 23.0 Å². The van der Waals surface area contributed by atoms with E-state index in [4.69, 9.17) is 21.3 Å². The lowest BCUT2D eigenvalue weighted by molar-refractivity contribution is -0.0440. The molecule has 5 rings (SSSR count). The zero-order valence-electron chi connectivity index (χ0n) is 22.4. The molecule has 0 bridgehead atoms. The van der Waals surface area contributed by atoms with Crippen molar-refractivity contribution in [2.45, 2.75) is 37.9 Å². The Kier molecular flexibility index (Phi) is 8.46. The van der Waals surface area contributed by atoms with Crippen LogP contribution in [0.2, 0.25) is 5.02 Å². The largest absolute Gasteiger partial charge is 0.373 e. The third-order valence-electron chi connectivity index (χ3n) is 7.18. The maximum Gasteiger partial charge on any atom is 0.251 e. The maximum atomic E-state index is 13.0. The molecule has 12 heteroatoms. The lowest BCUT2D eigenvalue weighted by Gasteiger charge is -2.34. The SMILES string of the molecule is Cc1ccc(Cl)c2sc(N3CCN(CCNC(=O)c4ccc(S(=O)(=O)N5CC(C)OC(C)C5)cc4)CC3)nc12. The Morgan fingerprint density at radius 2 is 1.74 bits per heavy atom. The number of aryl methyl sites for hydroxylation is 1. The quantitative estimate of drug-likeness (QED) is 0.448. The molecule has 2 aliphatic heterocycles. The van der Waals surface area contributed by atoms with E-state index < -0.39 is 10.0 Å². The molecule has 2 aromatic carbocycles. The van der Waals surface area contributed by atoms with E-state index in [0.29, 0.717) is 25.2 Å². The fourth-order valence-corrected chi connectivity index (χ4v) is 8.03. The smallest absolute Gasteiger partial charge is 0.251 e. The van der Waals surface area contributed by atoms with E-state index >= 15 is 0 Å². The number of anilines is 1. The predicted octanol–water partition coefficient (Wildman–Crippen LogP) is 3.61. The van der Waals surface area contributed by atoms with E-state index in [0.717, 1.165) is 58.7 Å². The molecule has 2 unspecified atom stereocenters. The second kappa shape index (κ2) is 11.7. The number of halogens is 1. The van der Waals surface area contributed by atoms with Crippen LogP contribution in [-0.2, 0) is 14.8 Å². The number of ether oxygens (including phenoxy) is 1. The number of thiazole rings is 1. The van der Waals surface area contributed by atoms with Crippen LogP contribution in [-0.4, -0.2) is 93.1 Å². The van der Waals surface area contributed by atoms with Gasteiger partial charge in [-0.3, -0.25) is 9.69 Å². The number of aromatic nitrogens is 1. The highest BCUT2D eigenvalue weighted by Crippen LogP contribution is 2.35. The Hall–Kier alpha value is -2.28. The minimum atomic E-state index is -3.64. The number of rotatable bonds is 7. The van der Waals surface area contributed by atoms with E-state index in [1.165, 1.54) is 16.4 Å². The van der Waals surface area contributed by atoms with Crippen molar-refractivity contribution in [1.29, 1.82) is 0 Å². The Morgan fingerprint density at radius 3 is 2.38 bits per heavy atom. The lowest BCUT2D eigenvalue weighted by Crippen LogP contribution is -2.48. The monoisotopic (exact) mass is 591 g/mol. The van der Waals surface area contributed by atoms with Crippen molar-refractivity contribution in [1.82, 2.24) is 19.5 Å². The predicted molar refractivity (Wildman–Crippen MR) is 156 cm³/mol. The van der Waals surface area contributed by atoms with E-state index in [2.05, 4.69) is 22.0 Å². The minimum absolute atomic E-state index is 0.160. The molecular weight excluding hydrogens is 558 g/mol. The number of piperazine rings is 1. The molecule has 39 heavy (non-hydrogen) atoms. The van der Waals surface area contributed by atoms with Crippen molar-refractivity contribution in [3.63, 3.8) is 0 Å². The molecule has 0 aliphatic carbocycles. The van der Waals surface area contributed by atoms with Crippen molar-refractivity contribution in [2.75, 3.05) is 57.3 Å². The van der Waals surface area contributed by atoms with Crippen LogP contribution in [0, 0.1) is 6.92 Å². The van der Waals surface area contributed by atoms with Crippen molar-refractivity contribution in [2.24, 2.45) is 0 Å². The molecule has 210 valence electrons. The number of amides is 1. The molecule has 3 heterocycles. The van der Waals surface area contributed by atoms with Gasteiger partial charge in [-0.15, -0.1) is 0 Å². The number of nitrogens with one attached hydrogen (secondary N) is 1. The van der Waals surface area contributed by atoms with Gasteiger partial charge in [0.15, 0.2) is 5.13 Å². The number of fused-ring (bicyclic) bond motifs is 1. The molecule has 2 atom stereocenters. The van der Waals surface area contributed by atoms with Crippen LogP contribution < -0.4 is 10.2 Å². The molecule has 2 aliphatic rings. The molecule has 2 saturated heterocycles. The van der Waals surface area contributed by atoms with E-state index in [1.54, 1.807) is 23.5 Å². The van der Waals surface area contributed by atoms with Crippen LogP contribution in [0.3, 0.4) is 0 Å². The molecule has 0 saturated carbocycles. The van der Waals surface area contributed by atoms with Crippen LogP contribution in [0.5, 0.6) is 0 Å². The Balaban J connectivity index is 1.10. The molecule has 0 spiro atoms. The van der Waals surface area contributed by atoms with Crippen molar-refractivity contribution < 1.29 is 17.9 Å². The number of benzene rings is 2. The van der Waals surface area contributed by atoms with Crippen LogP contribution in [0.15, 0.2) is 41.3 Å². The molecule has 9 nitrogen and oxygen atoms in total. The first-order chi connectivity index (χ1) is 18.6. The summed E-state index contributed by atoms with van der Waals surface area (Å²) < 4.78 is 34.2. The summed E-state index contributed by atoms with van der Waals surface area (Å²) in [5.74, 6) is -0.215. The Bertz CT molecular complexity index is 1390. The average molecular weight is 592 g/mol. The summed E-state index contributed by atoms with van der Waals surface area (Å²) in [6.45, 7) is 11.2. The Morgan fingerprint density at radius 1 is 1.08 bits per heavy atom. The van der Waals surface area contributed by atoms with Crippen molar-refractivity contribution in [3.05, 3.63) is 52.5 Å². The zero-order chi connectivity index (χ0) is 27.7. The lowest BCUT2D eigenvalue weighted by atomic mass is 10.2. The van der Waals surface area contributed by atoms with Crippen molar-refractivity contribution >= 4 is 54.2 Å². The summed E-state index contributed by atoms with van der Waals surface area (Å²) in [6, 6.07) is 10.1. The van der Waals surface area contributed by atoms with Crippen molar-refractivity contribution in [3.8, 4) is 0 Å². The number of carbonyl (C=O) groups excluding carboxylic acids is 1. The van der Waals surface area contributed by atoms with Gasteiger partial charge in [0.25, 0.3) is 5.91 Å². The van der Waals surface area contributed by atoms with Gasteiger partial charge in [-0.05, 0) is 56.7 Å². The third-order valence-corrected chi connectivity index (χ3v) is 10.6. The average Bonchev–Trinajstić information content (AvgIpc) is 3.38. The summed E-state index contributed by atoms with van der Waals surface area (Å²) in [7, 11) is -3.64. The molecule has 3 aromatic rings. The highest BCUT2D eigenvalue weighted by atomic mass is 35.5. The van der Waals surface area contributed by atoms with Gasteiger partial charge in [0, 0.05) is 57.9 Å². The maximum absolute atomic E-state index is 13.0. The van der Waals surface area contributed by atoms with Gasteiger partial charge < -0.3 is 15.0 Å². The van der Waals surface area contributed by atoms with Gasteiger partial charge in [0.1, 0.15) is 0 Å². The summed E-state index contributed by atoms with van der Waals surface area (Å²) in [5.41, 5.74) is 2.54. The second-order valence-electron chi connectivity index (χ2n) is 10.2. The van der Waals surface area contributed by atoms with Gasteiger partial charge >= 0.3 is 0 Å². The zero-order valence-corrected chi connectivity index (χ0v) is 24.8. The highest BCUT2D eigenvalue weighted by Gasteiger charge is 2.32. The summed E-state index contributed by atoms with van der Waals surface area (Å²) in [6.07, 6.45) is -0.320. The van der Waals surface area contributed by atoms with Gasteiger partial charge in [-0.25, -0.2) is 13.4 Å². The minimum Gasteiger partial charge on any atom is -0.373 e. The summed E-state index contributed by atoms with van der Waals surface area (Å²) in [4.78, 5) is 22.3. The summed E-state index contributed by atoms with van der Waals surface area (Å²) in [5, 5.41) is 4.70. The molecule has 1 aromatic heterocycles. The van der Waals surface area contributed by atoms with Crippen LogP contribution >= 0.6 is 22.9 Å². The van der Waals surface area contributed by atoms with E-state index in [9.17, 15) is 13.2 Å². The molecule has 0 radical (unpaired) electrons. The number of hydrogen-bond acceptors (Lipinski definition) is 8. The molecular formula is C27H34ClN5O4S2. The van der Waals surface area contributed by atoms with Gasteiger partial charge in [0.2, 0.25) is 10.0 Å². The van der Waals surface area contributed by atoms with Crippen LogP contribution in [0.1, 0.15) is 29.8 Å². The number of nitrogens with zero attached hydrogens (tertiary/aromatic N) is 4. The molecule has 2 fully saturated rings. The topological polar surface area (TPSA) is 95.1 Å². The Labute approximate surface area is 238 Å². The first-order valence-electron chi connectivity index (χ1n) is 13.2. The normalized spacial score (nSPS) is 21.4. The fourth-order valence-electron chi connectivity index (χ4n) is 5.07. The standard InChI is InChI=1S/C27H34ClN5O4S2/c1-18-4-9-23(28)25-24(18)30-27(38-25)32-14-12-31(13-15-32)11-10-29-26(34)21-5-7-22(8-6-21)39(35,36)33-16-19(2)37-20(3)17-33/h4-9,19-20H,10-17H2,1-3H3,(H,29,34). The van der Waals surface area contributed by atoms with Gasteiger partial charge in [-0.1, -0.05) is 29.0 Å². The van der Waals surface area contributed by atoms with Gasteiger partial charge in [0.05, 0.1) is 32.3 Å². The van der Waals surface area contributed by atoms with Crippen LogP contribution in [0.4, 0.5) is 5.13 Å². The molecule has 1 amide bonds. The first kappa shape index (κ1) is 28.3. The first-order valence-corrected chi connectivity index (χ1v) is 15.8. The summed E-state index contributed by atoms with van der Waals surface area (Å²) >= 11 is 8.01. The van der Waals surface area contributed by atoms with Crippen LogP contribution in [0.25, 0.3) is 10.2 Å². The number of sulfonamides is 1. The molecule has 1 N–H and O–H groups in total.